The van der Waals surface area contributed by atoms with Gasteiger partial charge in [-0.05, 0) is 18.6 Å². The zero-order chi connectivity index (χ0) is 13.0. The van der Waals surface area contributed by atoms with Crippen molar-refractivity contribution in [3.05, 3.63) is 29.8 Å². The van der Waals surface area contributed by atoms with E-state index in [-0.39, 0.29) is 24.3 Å². The van der Waals surface area contributed by atoms with E-state index in [9.17, 15) is 9.59 Å². The summed E-state index contributed by atoms with van der Waals surface area (Å²) in [5.74, 6) is -0.177. The number of piperazine rings is 1. The van der Waals surface area contributed by atoms with Gasteiger partial charge in [0.1, 0.15) is 0 Å². The Morgan fingerprint density at radius 2 is 2.28 bits per heavy atom. The third-order valence-corrected chi connectivity index (χ3v) is 3.06. The van der Waals surface area contributed by atoms with Crippen LogP contribution in [0.5, 0.6) is 0 Å². The molecule has 4 N–H and O–H groups in total. The van der Waals surface area contributed by atoms with E-state index in [1.807, 2.05) is 36.5 Å². The average Bonchev–Trinajstić information content (AvgIpc) is 2.35. The lowest BCUT2D eigenvalue weighted by molar-refractivity contribution is -0.678. The Morgan fingerprint density at radius 3 is 3.00 bits per heavy atom. The third-order valence-electron chi connectivity index (χ3n) is 3.06. The number of anilines is 1. The molecule has 1 saturated heterocycles. The van der Waals surface area contributed by atoms with Crippen molar-refractivity contribution in [1.82, 2.24) is 5.32 Å². The molecule has 5 heteroatoms. The summed E-state index contributed by atoms with van der Waals surface area (Å²) in [5.41, 5.74) is 1.82. The number of benzene rings is 1. The molecule has 0 radical (unpaired) electrons. The predicted octanol–water partition coefficient (Wildman–Crippen LogP) is -0.615. The van der Waals surface area contributed by atoms with Crippen molar-refractivity contribution in [3.8, 4) is 0 Å². The topological polar surface area (TPSA) is 74.8 Å². The number of aryl methyl sites for hydroxylation is 1. The highest BCUT2D eigenvalue weighted by atomic mass is 16.2. The number of nitrogens with two attached hydrogens (primary N) is 1. The number of para-hydroxylation sites is 1. The van der Waals surface area contributed by atoms with Crippen molar-refractivity contribution in [2.24, 2.45) is 0 Å². The lowest BCUT2D eigenvalue weighted by atomic mass is 10.1. The van der Waals surface area contributed by atoms with Crippen LogP contribution in [0.1, 0.15) is 12.0 Å². The third kappa shape index (κ3) is 3.07. The highest BCUT2D eigenvalue weighted by molar-refractivity contribution is 5.95. The molecule has 1 aromatic rings. The minimum absolute atomic E-state index is 0.0545. The predicted molar refractivity (Wildman–Crippen MR) is 68.0 cm³/mol. The van der Waals surface area contributed by atoms with Gasteiger partial charge in [-0.3, -0.25) is 9.59 Å². The van der Waals surface area contributed by atoms with Crippen LogP contribution >= 0.6 is 0 Å². The molecule has 0 saturated carbocycles. The second kappa shape index (κ2) is 5.64. The van der Waals surface area contributed by atoms with Gasteiger partial charge in [-0.1, -0.05) is 18.2 Å². The molecule has 1 heterocycles. The average molecular weight is 248 g/mol. The Labute approximate surface area is 106 Å². The lowest BCUT2D eigenvalue weighted by Crippen LogP contribution is -2.96. The summed E-state index contributed by atoms with van der Waals surface area (Å²) < 4.78 is 0. The van der Waals surface area contributed by atoms with E-state index in [1.54, 1.807) is 0 Å². The summed E-state index contributed by atoms with van der Waals surface area (Å²) in [6, 6.07) is 7.30. The first-order valence-electron chi connectivity index (χ1n) is 6.13. The van der Waals surface area contributed by atoms with E-state index >= 15 is 0 Å². The highest BCUT2D eigenvalue weighted by Crippen LogP contribution is 2.13. The summed E-state index contributed by atoms with van der Waals surface area (Å²) in [4.78, 5) is 23.4. The van der Waals surface area contributed by atoms with Crippen LogP contribution in [0.2, 0.25) is 0 Å². The molecule has 18 heavy (non-hydrogen) atoms. The van der Waals surface area contributed by atoms with E-state index in [2.05, 4.69) is 10.6 Å². The standard InChI is InChI=1S/C13H17N3O2/c1-9-4-2-3-5-10(9)16-12(17)8-11-13(18)15-7-6-14-11/h2-5,11,14H,6-8H2,1H3,(H,15,18)(H,16,17)/p+1/t11-/m1/s1. The Balaban J connectivity index is 1.92. The van der Waals surface area contributed by atoms with Crippen molar-refractivity contribution < 1.29 is 14.9 Å². The largest absolute Gasteiger partial charge is 0.345 e. The maximum Gasteiger partial charge on any atom is 0.278 e. The van der Waals surface area contributed by atoms with Crippen molar-refractivity contribution in [2.75, 3.05) is 18.4 Å². The lowest BCUT2D eigenvalue weighted by Gasteiger charge is -2.20. The summed E-state index contributed by atoms with van der Waals surface area (Å²) in [6.45, 7) is 3.44. The molecular formula is C13H18N3O2+. The quantitative estimate of drug-likeness (QED) is 0.667. The second-order valence-electron chi connectivity index (χ2n) is 4.49. The number of hydrogen-bond acceptors (Lipinski definition) is 2. The molecule has 1 atom stereocenters. The van der Waals surface area contributed by atoms with Gasteiger partial charge in [0.15, 0.2) is 6.04 Å². The van der Waals surface area contributed by atoms with E-state index in [0.29, 0.717) is 6.54 Å². The molecule has 1 aliphatic heterocycles. The van der Waals surface area contributed by atoms with Crippen LogP contribution < -0.4 is 16.0 Å². The summed E-state index contributed by atoms with van der Waals surface area (Å²) >= 11 is 0. The Morgan fingerprint density at radius 1 is 1.50 bits per heavy atom. The van der Waals surface area contributed by atoms with Gasteiger partial charge in [0.25, 0.3) is 5.91 Å². The van der Waals surface area contributed by atoms with Crippen molar-refractivity contribution in [2.45, 2.75) is 19.4 Å². The van der Waals surface area contributed by atoms with Gasteiger partial charge in [0.2, 0.25) is 5.91 Å². The smallest absolute Gasteiger partial charge is 0.278 e. The molecule has 0 bridgehead atoms. The molecule has 1 aliphatic rings. The monoisotopic (exact) mass is 248 g/mol. The zero-order valence-electron chi connectivity index (χ0n) is 10.4. The Hall–Kier alpha value is -1.88. The normalized spacial score (nSPS) is 19.2. The molecule has 5 nitrogen and oxygen atoms in total. The minimum Gasteiger partial charge on any atom is -0.345 e. The number of nitrogens with one attached hydrogen (secondary N) is 2. The summed E-state index contributed by atoms with van der Waals surface area (Å²) in [5, 5.41) is 7.51. The maximum absolute atomic E-state index is 11.9. The Kier molecular flexibility index (Phi) is 3.94. The number of rotatable bonds is 3. The van der Waals surface area contributed by atoms with Crippen molar-refractivity contribution in [1.29, 1.82) is 0 Å². The molecule has 96 valence electrons. The first-order chi connectivity index (χ1) is 8.66. The van der Waals surface area contributed by atoms with Crippen LogP contribution in [0.3, 0.4) is 0 Å². The summed E-state index contributed by atoms with van der Waals surface area (Å²) in [7, 11) is 0. The first kappa shape index (κ1) is 12.6. The van der Waals surface area contributed by atoms with Crippen LogP contribution in [0.15, 0.2) is 24.3 Å². The minimum atomic E-state index is -0.303. The van der Waals surface area contributed by atoms with Gasteiger partial charge in [-0.25, -0.2) is 0 Å². The molecule has 0 aromatic heterocycles. The van der Waals surface area contributed by atoms with Crippen molar-refractivity contribution in [3.63, 3.8) is 0 Å². The second-order valence-corrected chi connectivity index (χ2v) is 4.49. The number of amides is 2. The molecule has 2 amide bonds. The van der Waals surface area contributed by atoms with Crippen molar-refractivity contribution >= 4 is 17.5 Å². The zero-order valence-corrected chi connectivity index (χ0v) is 10.4. The van der Waals surface area contributed by atoms with Gasteiger partial charge in [-0.15, -0.1) is 0 Å². The maximum atomic E-state index is 11.9. The summed E-state index contributed by atoms with van der Waals surface area (Å²) in [6.07, 6.45) is 0.208. The molecule has 0 spiro atoms. The van der Waals surface area contributed by atoms with Crippen LogP contribution in [-0.4, -0.2) is 30.9 Å². The fourth-order valence-corrected chi connectivity index (χ4v) is 2.01. The fourth-order valence-electron chi connectivity index (χ4n) is 2.01. The van der Waals surface area contributed by atoms with Crippen LogP contribution in [-0.2, 0) is 9.59 Å². The van der Waals surface area contributed by atoms with Gasteiger partial charge >= 0.3 is 0 Å². The van der Waals surface area contributed by atoms with E-state index in [0.717, 1.165) is 17.8 Å². The molecule has 1 aromatic carbocycles. The van der Waals surface area contributed by atoms with Gasteiger partial charge < -0.3 is 16.0 Å². The van der Waals surface area contributed by atoms with Crippen LogP contribution in [0, 0.1) is 6.92 Å². The number of hydrogen-bond donors (Lipinski definition) is 3. The molecular weight excluding hydrogens is 230 g/mol. The van der Waals surface area contributed by atoms with Gasteiger partial charge in [-0.2, -0.15) is 0 Å². The van der Waals surface area contributed by atoms with E-state index < -0.39 is 0 Å². The highest BCUT2D eigenvalue weighted by Gasteiger charge is 2.27. The van der Waals surface area contributed by atoms with Gasteiger partial charge in [0, 0.05) is 5.69 Å². The van der Waals surface area contributed by atoms with E-state index in [4.69, 9.17) is 0 Å². The van der Waals surface area contributed by atoms with Gasteiger partial charge in [0.05, 0.1) is 19.5 Å². The van der Waals surface area contributed by atoms with Crippen LogP contribution in [0.4, 0.5) is 5.69 Å². The SMILES string of the molecule is Cc1ccccc1NC(=O)C[C@H]1[NH2+]CCNC1=O. The molecule has 0 unspecified atom stereocenters. The number of carbonyl (C=O) groups is 2. The van der Waals surface area contributed by atoms with E-state index in [1.165, 1.54) is 0 Å². The number of quaternary nitrogens is 1. The van der Waals surface area contributed by atoms with Crippen LogP contribution in [0.25, 0.3) is 0 Å². The fraction of sp³-hybridized carbons (Fsp3) is 0.385. The molecule has 1 fully saturated rings. The molecule has 0 aliphatic carbocycles. The molecule has 2 rings (SSSR count). The number of carbonyl (C=O) groups excluding carboxylic acids is 2. The first-order valence-corrected chi connectivity index (χ1v) is 6.13. The Bertz CT molecular complexity index is 459.